The zero-order valence-electron chi connectivity index (χ0n) is 16.2. The minimum atomic E-state index is 0.160. The van der Waals surface area contributed by atoms with Gasteiger partial charge >= 0.3 is 0 Å². The lowest BCUT2D eigenvalue weighted by Gasteiger charge is -2.32. The first-order chi connectivity index (χ1) is 13.0. The van der Waals surface area contributed by atoms with E-state index >= 15 is 0 Å². The summed E-state index contributed by atoms with van der Waals surface area (Å²) in [5.74, 6) is 1.18. The Morgan fingerprint density at radius 2 is 1.78 bits per heavy atom. The van der Waals surface area contributed by atoms with Crippen molar-refractivity contribution in [3.8, 4) is 0 Å². The fourth-order valence-corrected chi connectivity index (χ4v) is 4.46. The number of halogens is 2. The van der Waals surface area contributed by atoms with E-state index in [4.69, 9.17) is 23.2 Å². The van der Waals surface area contributed by atoms with Crippen molar-refractivity contribution in [2.45, 2.75) is 38.6 Å². The Balaban J connectivity index is 1.34. The van der Waals surface area contributed by atoms with Crippen molar-refractivity contribution in [3.63, 3.8) is 0 Å². The molecule has 3 rings (SSSR count). The molecule has 6 heteroatoms. The molecule has 1 aromatic rings. The van der Waals surface area contributed by atoms with Gasteiger partial charge in [0.2, 0.25) is 5.91 Å². The zero-order valence-corrected chi connectivity index (χ0v) is 17.7. The number of carbonyl (C=O) groups excluding carboxylic acids is 1. The number of hydrogen-bond acceptors (Lipinski definition) is 3. The lowest BCUT2D eigenvalue weighted by Crippen LogP contribution is -2.41. The second-order valence-corrected chi connectivity index (χ2v) is 8.94. The molecule has 2 saturated heterocycles. The number of benzene rings is 1. The summed E-state index contributed by atoms with van der Waals surface area (Å²) in [5.41, 5.74) is 1.17. The molecule has 150 valence electrons. The molecule has 2 aliphatic rings. The number of rotatable bonds is 6. The Hall–Kier alpha value is -0.810. The molecule has 2 fully saturated rings. The number of nitrogens with zero attached hydrogens (tertiary/aromatic N) is 2. The third kappa shape index (κ3) is 6.35. The normalized spacial score (nSPS) is 20.7. The Bertz CT molecular complexity index is 624. The molecule has 0 radical (unpaired) electrons. The van der Waals surface area contributed by atoms with Gasteiger partial charge in [0.1, 0.15) is 0 Å². The van der Waals surface area contributed by atoms with Crippen molar-refractivity contribution in [1.82, 2.24) is 15.1 Å². The van der Waals surface area contributed by atoms with Gasteiger partial charge in [-0.2, -0.15) is 0 Å². The molecule has 27 heavy (non-hydrogen) atoms. The first-order valence-corrected chi connectivity index (χ1v) is 10.9. The second-order valence-electron chi connectivity index (χ2n) is 8.13. The number of carbonyl (C=O) groups is 1. The van der Waals surface area contributed by atoms with Crippen molar-refractivity contribution in [3.05, 3.63) is 33.8 Å². The Morgan fingerprint density at radius 3 is 2.44 bits per heavy atom. The van der Waals surface area contributed by atoms with Crippen molar-refractivity contribution in [2.75, 3.05) is 39.8 Å². The average Bonchev–Trinajstić information content (AvgIpc) is 2.67. The molecule has 0 atom stereocenters. The van der Waals surface area contributed by atoms with Gasteiger partial charge in [-0.25, -0.2) is 0 Å². The van der Waals surface area contributed by atoms with Crippen LogP contribution in [0.15, 0.2) is 18.2 Å². The van der Waals surface area contributed by atoms with Gasteiger partial charge in [0, 0.05) is 19.0 Å². The fourth-order valence-electron chi connectivity index (χ4n) is 4.14. The van der Waals surface area contributed by atoms with Crippen molar-refractivity contribution in [2.24, 2.45) is 11.8 Å². The van der Waals surface area contributed by atoms with Crippen LogP contribution in [0, 0.1) is 11.8 Å². The Morgan fingerprint density at radius 1 is 1.07 bits per heavy atom. The number of piperidine rings is 2. The van der Waals surface area contributed by atoms with Crippen LogP contribution in [-0.2, 0) is 11.3 Å². The van der Waals surface area contributed by atoms with Gasteiger partial charge in [0.15, 0.2) is 0 Å². The van der Waals surface area contributed by atoms with E-state index < -0.39 is 0 Å². The highest BCUT2D eigenvalue weighted by Gasteiger charge is 2.25. The molecule has 4 nitrogen and oxygen atoms in total. The summed E-state index contributed by atoms with van der Waals surface area (Å²) in [5, 5.41) is 4.38. The summed E-state index contributed by atoms with van der Waals surface area (Å²) < 4.78 is 0. The van der Waals surface area contributed by atoms with E-state index in [2.05, 4.69) is 22.2 Å². The highest BCUT2D eigenvalue weighted by atomic mass is 35.5. The molecule has 0 aromatic heterocycles. The maximum Gasteiger partial charge on any atom is 0.223 e. The first-order valence-electron chi connectivity index (χ1n) is 10.1. The largest absolute Gasteiger partial charge is 0.356 e. The van der Waals surface area contributed by atoms with Crippen LogP contribution < -0.4 is 5.32 Å². The van der Waals surface area contributed by atoms with Crippen LogP contribution >= 0.6 is 23.2 Å². The van der Waals surface area contributed by atoms with Gasteiger partial charge in [-0.15, -0.1) is 0 Å². The van der Waals surface area contributed by atoms with E-state index in [-0.39, 0.29) is 11.8 Å². The molecule has 2 aliphatic heterocycles. The minimum Gasteiger partial charge on any atom is -0.356 e. The molecule has 2 heterocycles. The SMILES string of the molecule is CN1CCC(CCNC(=O)C2CCN(Cc3ccc(Cl)c(Cl)c3)CC2)CC1. The quantitative estimate of drug-likeness (QED) is 0.766. The van der Waals surface area contributed by atoms with Crippen LogP contribution in [0.1, 0.15) is 37.7 Å². The van der Waals surface area contributed by atoms with E-state index in [1.165, 1.54) is 31.5 Å². The Labute approximate surface area is 173 Å². The second kappa shape index (κ2) is 10.1. The summed E-state index contributed by atoms with van der Waals surface area (Å²) in [6.07, 6.45) is 5.51. The van der Waals surface area contributed by atoms with Gasteiger partial charge in [0.05, 0.1) is 10.0 Å². The predicted octanol–water partition coefficient (Wildman–Crippen LogP) is 4.05. The lowest BCUT2D eigenvalue weighted by atomic mass is 9.93. The standard InChI is InChI=1S/C21H31Cl2N3O/c1-25-10-5-16(6-11-25)4-9-24-21(27)18-7-12-26(13-8-18)15-17-2-3-19(22)20(23)14-17/h2-3,14,16,18H,4-13,15H2,1H3,(H,24,27). The number of nitrogens with one attached hydrogen (secondary N) is 1. The molecular formula is C21H31Cl2N3O. The van der Waals surface area contributed by atoms with Gasteiger partial charge in [0.25, 0.3) is 0 Å². The molecule has 1 aromatic carbocycles. The van der Waals surface area contributed by atoms with E-state index in [9.17, 15) is 4.79 Å². The Kier molecular flexibility index (Phi) is 7.83. The van der Waals surface area contributed by atoms with Gasteiger partial charge in [-0.05, 0) is 88.9 Å². The smallest absolute Gasteiger partial charge is 0.223 e. The average molecular weight is 412 g/mol. The third-order valence-corrected chi connectivity index (χ3v) is 6.78. The van der Waals surface area contributed by atoms with Crippen LogP contribution in [0.5, 0.6) is 0 Å². The maximum absolute atomic E-state index is 12.5. The van der Waals surface area contributed by atoms with E-state index in [1.807, 2.05) is 18.2 Å². The van der Waals surface area contributed by atoms with Crippen molar-refractivity contribution >= 4 is 29.1 Å². The molecule has 0 spiro atoms. The summed E-state index contributed by atoms with van der Waals surface area (Å²) in [6, 6.07) is 5.81. The van der Waals surface area contributed by atoms with Crippen LogP contribution in [0.2, 0.25) is 10.0 Å². The van der Waals surface area contributed by atoms with E-state index in [1.54, 1.807) is 0 Å². The van der Waals surface area contributed by atoms with Crippen LogP contribution in [0.3, 0.4) is 0 Å². The molecular weight excluding hydrogens is 381 g/mol. The highest BCUT2D eigenvalue weighted by Crippen LogP contribution is 2.25. The number of hydrogen-bond donors (Lipinski definition) is 1. The van der Waals surface area contributed by atoms with Crippen LogP contribution in [0.25, 0.3) is 0 Å². The summed E-state index contributed by atoms with van der Waals surface area (Å²) in [7, 11) is 2.19. The number of amides is 1. The topological polar surface area (TPSA) is 35.6 Å². The van der Waals surface area contributed by atoms with E-state index in [0.717, 1.165) is 51.4 Å². The van der Waals surface area contributed by atoms with Gasteiger partial charge in [-0.3, -0.25) is 9.69 Å². The molecule has 0 bridgehead atoms. The zero-order chi connectivity index (χ0) is 19.2. The predicted molar refractivity (Wildman–Crippen MR) is 112 cm³/mol. The van der Waals surface area contributed by atoms with Crippen LogP contribution in [0.4, 0.5) is 0 Å². The van der Waals surface area contributed by atoms with Crippen LogP contribution in [-0.4, -0.2) is 55.5 Å². The summed E-state index contributed by atoms with van der Waals surface area (Å²) >= 11 is 12.1. The monoisotopic (exact) mass is 411 g/mol. The molecule has 0 aliphatic carbocycles. The summed E-state index contributed by atoms with van der Waals surface area (Å²) in [6.45, 7) is 5.98. The minimum absolute atomic E-state index is 0.160. The highest BCUT2D eigenvalue weighted by molar-refractivity contribution is 6.42. The number of likely N-dealkylation sites (tertiary alicyclic amines) is 2. The van der Waals surface area contributed by atoms with Crippen molar-refractivity contribution in [1.29, 1.82) is 0 Å². The molecule has 0 unspecified atom stereocenters. The van der Waals surface area contributed by atoms with E-state index in [0.29, 0.717) is 10.0 Å². The lowest BCUT2D eigenvalue weighted by molar-refractivity contribution is -0.126. The third-order valence-electron chi connectivity index (χ3n) is 6.04. The van der Waals surface area contributed by atoms with Gasteiger partial charge < -0.3 is 10.2 Å². The molecule has 0 saturated carbocycles. The summed E-state index contributed by atoms with van der Waals surface area (Å²) in [4.78, 5) is 17.2. The fraction of sp³-hybridized carbons (Fsp3) is 0.667. The first kappa shape index (κ1) is 20.9. The molecule has 1 amide bonds. The molecule has 1 N–H and O–H groups in total. The van der Waals surface area contributed by atoms with Crippen molar-refractivity contribution < 1.29 is 4.79 Å². The van der Waals surface area contributed by atoms with Gasteiger partial charge in [-0.1, -0.05) is 29.3 Å². The maximum atomic E-state index is 12.5.